The molecule has 88 valence electrons. The number of rotatable bonds is 3. The van der Waals surface area contributed by atoms with Gasteiger partial charge >= 0.3 is 0 Å². The van der Waals surface area contributed by atoms with Crippen molar-refractivity contribution in [1.82, 2.24) is 4.98 Å². The van der Waals surface area contributed by atoms with E-state index in [4.69, 9.17) is 0 Å². The Hall–Kier alpha value is -0.676. The average Bonchev–Trinajstić information content (AvgIpc) is 2.12. The van der Waals surface area contributed by atoms with Gasteiger partial charge in [-0.2, -0.15) is 0 Å². The summed E-state index contributed by atoms with van der Waals surface area (Å²) >= 11 is 0. The van der Waals surface area contributed by atoms with Crippen LogP contribution in [0.3, 0.4) is 0 Å². The van der Waals surface area contributed by atoms with Crippen LogP contribution in [0.2, 0.25) is 39.3 Å². The van der Waals surface area contributed by atoms with Gasteiger partial charge in [-0.1, -0.05) is 56.2 Å². The lowest BCUT2D eigenvalue weighted by atomic mass is 10.3. The molecule has 1 rings (SSSR count). The van der Waals surface area contributed by atoms with Crippen LogP contribution in [0, 0.1) is 0 Å². The van der Waals surface area contributed by atoms with E-state index in [0.29, 0.717) is 0 Å². The second-order valence-electron chi connectivity index (χ2n) is 6.34. The Kier molecular flexibility index (Phi) is 3.91. The molecular formula is C13H23NSi2. The number of pyridine rings is 1. The van der Waals surface area contributed by atoms with Crippen molar-refractivity contribution in [3.05, 3.63) is 34.9 Å². The van der Waals surface area contributed by atoms with Gasteiger partial charge in [-0.25, -0.2) is 0 Å². The molecule has 0 aliphatic carbocycles. The normalized spacial score (nSPS) is 12.4. The lowest BCUT2D eigenvalue weighted by Crippen LogP contribution is -2.39. The van der Waals surface area contributed by atoms with Crippen LogP contribution in [0.4, 0.5) is 0 Å². The fourth-order valence-electron chi connectivity index (χ4n) is 2.19. The number of hydrogen-bond donors (Lipinski definition) is 0. The first-order valence-electron chi connectivity index (χ1n) is 5.84. The van der Waals surface area contributed by atoms with Crippen LogP contribution in [-0.4, -0.2) is 21.1 Å². The van der Waals surface area contributed by atoms with Crippen LogP contribution < -0.4 is 0 Å². The first-order chi connectivity index (χ1) is 7.21. The molecule has 1 aromatic rings. The maximum absolute atomic E-state index is 4.19. The van der Waals surface area contributed by atoms with Crippen molar-refractivity contribution in [1.29, 1.82) is 0 Å². The van der Waals surface area contributed by atoms with Gasteiger partial charge in [0.2, 0.25) is 0 Å². The smallest absolute Gasteiger partial charge is 0.0682 e. The highest BCUT2D eigenvalue weighted by atomic mass is 28.4. The van der Waals surface area contributed by atoms with Crippen molar-refractivity contribution in [2.24, 2.45) is 0 Å². The molecule has 1 aromatic heterocycles. The Labute approximate surface area is 102 Å². The molecule has 1 nitrogen and oxygen atoms in total. The fourth-order valence-corrected chi connectivity index (χ4v) is 12.4. The summed E-state index contributed by atoms with van der Waals surface area (Å²) in [5, 5.41) is 0. The third kappa shape index (κ3) is 3.72. The van der Waals surface area contributed by atoms with Crippen molar-refractivity contribution in [3.8, 4) is 0 Å². The molecule has 0 saturated carbocycles. The maximum atomic E-state index is 4.19. The molecule has 0 bridgehead atoms. The molecule has 0 aromatic carbocycles. The third-order valence-corrected chi connectivity index (χ3v) is 10.6. The Morgan fingerprint density at radius 1 is 1.06 bits per heavy atom. The van der Waals surface area contributed by atoms with E-state index in [9.17, 15) is 0 Å². The second-order valence-corrected chi connectivity index (χ2v) is 16.9. The summed E-state index contributed by atoms with van der Waals surface area (Å²) in [4.78, 5) is 5.92. The van der Waals surface area contributed by atoms with Gasteiger partial charge in [-0.05, 0) is 11.6 Å². The van der Waals surface area contributed by atoms with E-state index in [1.165, 1.54) is 5.56 Å². The molecule has 0 aliphatic rings. The van der Waals surface area contributed by atoms with Gasteiger partial charge < -0.3 is 0 Å². The van der Waals surface area contributed by atoms with E-state index < -0.39 is 16.1 Å². The summed E-state index contributed by atoms with van der Waals surface area (Å²) in [6, 6.07) is 4.16. The van der Waals surface area contributed by atoms with E-state index in [-0.39, 0.29) is 0 Å². The van der Waals surface area contributed by atoms with E-state index in [1.807, 2.05) is 18.5 Å². The molecule has 0 amide bonds. The zero-order valence-electron chi connectivity index (χ0n) is 11.3. The molecule has 0 aliphatic heterocycles. The van der Waals surface area contributed by atoms with Gasteiger partial charge in [0.15, 0.2) is 0 Å². The van der Waals surface area contributed by atoms with Crippen LogP contribution in [0.25, 0.3) is 6.08 Å². The SMILES string of the molecule is C[Si](C)(C)C(=Cc1cccnc1)[Si](C)(C)C. The molecule has 0 radical (unpaired) electrons. The van der Waals surface area contributed by atoms with Crippen molar-refractivity contribution in [3.63, 3.8) is 0 Å². The number of hydrogen-bond acceptors (Lipinski definition) is 1. The van der Waals surface area contributed by atoms with E-state index in [1.54, 1.807) is 4.82 Å². The second kappa shape index (κ2) is 4.67. The Bertz CT molecular complexity index is 353. The summed E-state index contributed by atoms with van der Waals surface area (Å²) < 4.78 is 0. The highest BCUT2D eigenvalue weighted by Crippen LogP contribution is 2.27. The van der Waals surface area contributed by atoms with Gasteiger partial charge in [0.05, 0.1) is 16.1 Å². The average molecular weight is 250 g/mol. The molecule has 16 heavy (non-hydrogen) atoms. The minimum absolute atomic E-state index is 1.21. The largest absolute Gasteiger partial charge is 0.264 e. The highest BCUT2D eigenvalue weighted by molar-refractivity contribution is 7.05. The standard InChI is InChI=1S/C13H23NSi2/c1-15(2,3)13(16(4,5)6)10-12-8-7-9-14-11-12/h7-11H,1-6H3. The quantitative estimate of drug-likeness (QED) is 0.731. The number of nitrogens with zero attached hydrogens (tertiary/aromatic N) is 1. The first kappa shape index (κ1) is 13.4. The summed E-state index contributed by atoms with van der Waals surface area (Å²) in [5.41, 5.74) is 1.25. The number of aromatic nitrogens is 1. The van der Waals surface area contributed by atoms with Crippen LogP contribution in [-0.2, 0) is 0 Å². The minimum atomic E-state index is -1.21. The summed E-state index contributed by atoms with van der Waals surface area (Å²) in [7, 11) is -2.42. The topological polar surface area (TPSA) is 12.9 Å². The zero-order valence-corrected chi connectivity index (χ0v) is 13.3. The molecule has 0 atom stereocenters. The molecular weight excluding hydrogens is 226 g/mol. The Morgan fingerprint density at radius 2 is 1.62 bits per heavy atom. The third-order valence-electron chi connectivity index (χ3n) is 2.61. The van der Waals surface area contributed by atoms with Crippen molar-refractivity contribution in [2.45, 2.75) is 39.3 Å². The molecule has 0 spiro atoms. The van der Waals surface area contributed by atoms with Gasteiger partial charge in [-0.15, -0.1) is 0 Å². The molecule has 0 fully saturated rings. The van der Waals surface area contributed by atoms with Crippen LogP contribution in [0.1, 0.15) is 5.56 Å². The summed E-state index contributed by atoms with van der Waals surface area (Å²) in [5.74, 6) is 0. The molecule has 0 unspecified atom stereocenters. The fraction of sp³-hybridized carbons (Fsp3) is 0.462. The van der Waals surface area contributed by atoms with Gasteiger partial charge in [-0.3, -0.25) is 4.98 Å². The van der Waals surface area contributed by atoms with E-state index in [0.717, 1.165) is 0 Å². The van der Waals surface area contributed by atoms with Crippen molar-refractivity contribution in [2.75, 3.05) is 0 Å². The zero-order chi connectivity index (χ0) is 12.4. The van der Waals surface area contributed by atoms with Crippen LogP contribution >= 0.6 is 0 Å². The molecule has 0 N–H and O–H groups in total. The van der Waals surface area contributed by atoms with Crippen LogP contribution in [0.15, 0.2) is 29.3 Å². The predicted molar refractivity (Wildman–Crippen MR) is 78.9 cm³/mol. The molecule has 3 heteroatoms. The minimum Gasteiger partial charge on any atom is -0.264 e. The lowest BCUT2D eigenvalue weighted by Gasteiger charge is -2.31. The molecule has 1 heterocycles. The van der Waals surface area contributed by atoms with Gasteiger partial charge in [0.25, 0.3) is 0 Å². The van der Waals surface area contributed by atoms with E-state index >= 15 is 0 Å². The van der Waals surface area contributed by atoms with Gasteiger partial charge in [0, 0.05) is 12.4 Å². The monoisotopic (exact) mass is 249 g/mol. The van der Waals surface area contributed by atoms with Crippen LogP contribution in [0.5, 0.6) is 0 Å². The Balaban J connectivity index is 3.19. The molecule has 0 saturated heterocycles. The van der Waals surface area contributed by atoms with E-state index in [2.05, 4.69) is 56.4 Å². The highest BCUT2D eigenvalue weighted by Gasteiger charge is 2.30. The maximum Gasteiger partial charge on any atom is 0.0682 e. The van der Waals surface area contributed by atoms with Gasteiger partial charge in [0.1, 0.15) is 0 Å². The summed E-state index contributed by atoms with van der Waals surface area (Å²) in [6.07, 6.45) is 6.19. The first-order valence-corrected chi connectivity index (χ1v) is 12.8. The van der Waals surface area contributed by atoms with Crippen molar-refractivity contribution < 1.29 is 0 Å². The summed E-state index contributed by atoms with van der Waals surface area (Å²) in [6.45, 7) is 14.6. The predicted octanol–water partition coefficient (Wildman–Crippen LogP) is 4.22. The lowest BCUT2D eigenvalue weighted by molar-refractivity contribution is 1.32. The Morgan fingerprint density at radius 3 is 2.00 bits per heavy atom. The van der Waals surface area contributed by atoms with Crippen molar-refractivity contribution >= 4 is 22.2 Å².